The van der Waals surface area contributed by atoms with E-state index in [4.69, 9.17) is 0 Å². The Morgan fingerprint density at radius 1 is 0.240 bits per heavy atom. The van der Waals surface area contributed by atoms with E-state index in [1.165, 1.54) is 147 Å². The van der Waals surface area contributed by atoms with Crippen molar-refractivity contribution in [3.05, 3.63) is 187 Å². The summed E-state index contributed by atoms with van der Waals surface area (Å²) in [5.74, 6) is 55.0. The monoisotopic (exact) mass is 1840 g/mol. The van der Waals surface area contributed by atoms with Crippen molar-refractivity contribution < 1.29 is 86.2 Å². The van der Waals surface area contributed by atoms with Gasteiger partial charge >= 0.3 is 0 Å². The van der Waals surface area contributed by atoms with Crippen LogP contribution in [0, 0.1) is 94.7 Å². The van der Waals surface area contributed by atoms with Crippen LogP contribution in [0.15, 0.2) is 98.1 Å². The molecule has 4 heterocycles. The highest BCUT2D eigenvalue weighted by Gasteiger charge is 2.18. The topological polar surface area (TPSA) is 15.5 Å². The number of hydrogen-bond acceptors (Lipinski definition) is 0. The van der Waals surface area contributed by atoms with E-state index >= 15 is 0 Å². The number of unbranched alkanes of at least 4 members (excludes halogenated alkanes) is 8. The van der Waals surface area contributed by atoms with Crippen LogP contribution in [0.1, 0.15) is 243 Å². The second kappa shape index (κ2) is 50.7. The van der Waals surface area contributed by atoms with Gasteiger partial charge in [-0.05, 0) is 175 Å². The molecule has 0 aliphatic heterocycles. The summed E-state index contributed by atoms with van der Waals surface area (Å²) in [7, 11) is 0. The van der Waals surface area contributed by atoms with Gasteiger partial charge < -0.3 is 67.9 Å². The minimum absolute atomic E-state index is 0. The first-order valence-electron chi connectivity index (χ1n) is 36.0. The first kappa shape index (κ1) is 86.0. The number of benzene rings is 2. The number of hydrogen-bond donors (Lipinski definition) is 0. The van der Waals surface area contributed by atoms with Crippen molar-refractivity contribution in [2.75, 3.05) is 21.3 Å². The minimum Gasteiger partial charge on any atom is -1.00 e. The van der Waals surface area contributed by atoms with Crippen LogP contribution in [0.4, 0.5) is 0 Å². The molecule has 0 saturated carbocycles. The predicted octanol–water partition coefficient (Wildman–Crippen LogP) is 5.49. The Kier molecular flexibility index (Phi) is 43.6. The number of halogens is 8. The molecule has 12 heteroatoms. The molecule has 4 nitrogen and oxygen atoms in total. The number of pyridine rings is 4. The van der Waals surface area contributed by atoms with Gasteiger partial charge in [0.25, 0.3) is 0 Å². The fourth-order valence-electron chi connectivity index (χ4n) is 12.7. The highest BCUT2D eigenvalue weighted by molar-refractivity contribution is 9.09. The number of rotatable bonds is 20. The molecule has 100 heavy (non-hydrogen) atoms. The number of aryl methyl sites for hydroxylation is 12. The summed E-state index contributed by atoms with van der Waals surface area (Å²) in [5, 5.41) is 3.87. The fourth-order valence-corrected chi connectivity index (χ4v) is 13.9. The van der Waals surface area contributed by atoms with Crippen LogP contribution >= 0.6 is 63.7 Å². The third-order valence-corrected chi connectivity index (χ3v) is 20.3. The molecule has 10 rings (SSSR count). The lowest BCUT2D eigenvalue weighted by molar-refractivity contribution is -0.697. The number of alkyl halides is 4. The summed E-state index contributed by atoms with van der Waals surface area (Å²) in [4.78, 5) is 0. The highest BCUT2D eigenvalue weighted by Crippen LogP contribution is 2.24. The smallest absolute Gasteiger partial charge is 0.172 e. The lowest BCUT2D eigenvalue weighted by Crippen LogP contribution is -3.00. The van der Waals surface area contributed by atoms with E-state index in [0.717, 1.165) is 195 Å². The number of nitrogens with zero attached hydrogens (tertiary/aromatic N) is 4. The van der Waals surface area contributed by atoms with E-state index in [-0.39, 0.29) is 67.9 Å². The quantitative estimate of drug-likeness (QED) is 0.0417. The molecule has 4 aliphatic rings. The van der Waals surface area contributed by atoms with E-state index in [9.17, 15) is 0 Å². The fraction of sp³-hybridized carbons (Fsp3) is 0.455. The summed E-state index contributed by atoms with van der Waals surface area (Å²) in [5.41, 5.74) is 19.9. The molecule has 0 unspecified atom stereocenters. The molecule has 4 aromatic heterocycles. The summed E-state index contributed by atoms with van der Waals surface area (Å²) >= 11 is 13.9. The molecule has 524 valence electrons. The Morgan fingerprint density at radius 3 is 0.590 bits per heavy atom. The van der Waals surface area contributed by atoms with Crippen LogP contribution in [0.2, 0.25) is 0 Å². The van der Waals surface area contributed by atoms with Crippen LogP contribution in [0.5, 0.6) is 0 Å². The Morgan fingerprint density at radius 2 is 0.410 bits per heavy atom. The van der Waals surface area contributed by atoms with Crippen molar-refractivity contribution in [3.8, 4) is 94.7 Å². The Hall–Kier alpha value is -4.64. The van der Waals surface area contributed by atoms with Gasteiger partial charge in [0.05, 0.1) is 0 Å². The molecule has 2 aromatic carbocycles. The predicted molar refractivity (Wildman–Crippen MR) is 410 cm³/mol. The second-order valence-corrected chi connectivity index (χ2v) is 28.8. The minimum atomic E-state index is 0. The van der Waals surface area contributed by atoms with Crippen LogP contribution in [-0.4, -0.2) is 21.3 Å². The van der Waals surface area contributed by atoms with Gasteiger partial charge in [-0.25, -0.2) is 18.3 Å². The number of aromatic nitrogens is 4. The Balaban J connectivity index is 0.000000452. The zero-order valence-electron chi connectivity index (χ0n) is 58.3. The largest absolute Gasteiger partial charge is 1.00 e. The molecular weight excluding hydrogens is 1750 g/mol. The maximum atomic E-state index is 3.59. The number of fused-ring (bicyclic) bond motifs is 4. The van der Waals surface area contributed by atoms with Gasteiger partial charge in [-0.15, -0.1) is 0 Å². The van der Waals surface area contributed by atoms with E-state index in [1.807, 2.05) is 0 Å². The van der Waals surface area contributed by atoms with Gasteiger partial charge in [0.15, 0.2) is 49.6 Å². The standard InChI is InChI=1S/C62H70N4.C26H26Br4.4BrH/c1(17-37-63-41-33-51-21-9-13-29-59(51)47-63)5-25-55-45-57(27-7-3-19-39-65-43-35-53-23-11-15-31-61(53)49-65)58(28-8-4-20-40-66-44-36-54-24-12-16-32-62(54)50-66)46-56(55)26-6-2-18-38-64-42-34-52-22-10-14-30-60(52)48-64;27-17-9-1-5-13-23-21-25(15-7-3-11-19-29)26(16-8-4-12-20-30)22-24(23)14-6-2-10-18-28;;;;/h33-36,41-50H,1-4,9-24,29-32,37-40H2;21-22H,1-4,9-12,17-20H2;4*1H/q+4;;;;;/p-4. The molecule has 6 aromatic rings. The van der Waals surface area contributed by atoms with Crippen LogP contribution < -0.4 is 86.2 Å². The van der Waals surface area contributed by atoms with Crippen molar-refractivity contribution in [2.24, 2.45) is 0 Å². The van der Waals surface area contributed by atoms with E-state index < -0.39 is 0 Å². The zero-order chi connectivity index (χ0) is 66.5. The molecule has 0 amide bonds. The second-order valence-electron chi connectivity index (χ2n) is 25.6. The Bertz CT molecular complexity index is 3610. The lowest BCUT2D eigenvalue weighted by Gasteiger charge is -2.13. The van der Waals surface area contributed by atoms with Gasteiger partial charge in [0, 0.05) is 189 Å². The summed E-state index contributed by atoms with van der Waals surface area (Å²) in [6.45, 7) is 3.93. The molecule has 4 aliphatic carbocycles. The molecule has 0 saturated heterocycles. The third-order valence-electron chi connectivity index (χ3n) is 18.1. The normalized spacial score (nSPS) is 12.4. The zero-order valence-corrected chi connectivity index (χ0v) is 71.0. The average Bonchev–Trinajstić information content (AvgIpc) is 0.854. The molecule has 0 bridgehead atoms. The summed E-state index contributed by atoms with van der Waals surface area (Å²) in [6, 6.07) is 17.9. The summed E-state index contributed by atoms with van der Waals surface area (Å²) in [6.07, 6.45) is 53.8. The first-order valence-corrected chi connectivity index (χ1v) is 40.5. The van der Waals surface area contributed by atoms with Crippen LogP contribution in [0.3, 0.4) is 0 Å². The van der Waals surface area contributed by atoms with Crippen molar-refractivity contribution >= 4 is 63.7 Å². The summed E-state index contributed by atoms with van der Waals surface area (Å²) < 4.78 is 9.45. The third kappa shape index (κ3) is 29.8. The van der Waals surface area contributed by atoms with Gasteiger partial charge in [-0.1, -0.05) is 158 Å². The molecule has 0 fully saturated rings. The highest BCUT2D eigenvalue weighted by atomic mass is 79.9. The molecule has 0 N–H and O–H groups in total. The first-order chi connectivity index (χ1) is 47.5. The van der Waals surface area contributed by atoms with E-state index in [2.05, 4.69) is 275 Å². The SMILES string of the molecule is BrCCCC#Cc1cc(C#CCCCBr)c(C#CCCCBr)cc1C#CCCCBr.C(#Cc1cc(C#CCCC[n+]2ccc3c(c2)CCCC3)c(C#CCCC[n+]2ccc3c(c2)CCCC3)cc1C#CCCC[n+]1ccc2c(c1)CCCC2)CCC[n+]1ccc2c(c1)CCCC2.[Br-].[Br-].[Br-].[Br-]. The molecule has 0 spiro atoms. The average molecular weight is 1850 g/mol. The Labute approximate surface area is 677 Å². The maximum absolute atomic E-state index is 3.59. The van der Waals surface area contributed by atoms with Gasteiger partial charge in [0.2, 0.25) is 0 Å². The van der Waals surface area contributed by atoms with Crippen molar-refractivity contribution in [2.45, 2.75) is 232 Å². The molecule has 0 radical (unpaired) electrons. The van der Waals surface area contributed by atoms with Crippen molar-refractivity contribution in [1.29, 1.82) is 0 Å². The van der Waals surface area contributed by atoms with Crippen LogP contribution in [-0.2, 0) is 77.5 Å². The molecular formula is C88H96Br8N4. The van der Waals surface area contributed by atoms with E-state index in [0.29, 0.717) is 0 Å². The van der Waals surface area contributed by atoms with E-state index in [1.54, 1.807) is 0 Å². The lowest BCUT2D eigenvalue weighted by atomic mass is 9.93. The van der Waals surface area contributed by atoms with Crippen molar-refractivity contribution in [3.63, 3.8) is 0 Å². The maximum Gasteiger partial charge on any atom is 0.172 e. The van der Waals surface area contributed by atoms with Gasteiger partial charge in [0.1, 0.15) is 26.2 Å². The van der Waals surface area contributed by atoms with Gasteiger partial charge in [-0.3, -0.25) is 0 Å². The van der Waals surface area contributed by atoms with Gasteiger partial charge in [-0.2, -0.15) is 0 Å². The van der Waals surface area contributed by atoms with Crippen molar-refractivity contribution in [1.82, 2.24) is 0 Å². The van der Waals surface area contributed by atoms with Crippen LogP contribution in [0.25, 0.3) is 0 Å². The molecule has 0 atom stereocenters.